The highest BCUT2D eigenvalue weighted by molar-refractivity contribution is 7.13. The van der Waals surface area contributed by atoms with E-state index < -0.39 is 0 Å². The highest BCUT2D eigenvalue weighted by Gasteiger charge is 1.97. The molecule has 4 nitrogen and oxygen atoms in total. The Morgan fingerprint density at radius 1 is 1.57 bits per heavy atom. The smallest absolute Gasteiger partial charge is 0.180 e. The van der Waals surface area contributed by atoms with Gasteiger partial charge in [0, 0.05) is 11.9 Å². The number of hydrogen-bond acceptors (Lipinski definition) is 5. The average Bonchev–Trinajstić information content (AvgIpc) is 2.50. The third kappa shape index (κ3) is 4.55. The van der Waals surface area contributed by atoms with Crippen molar-refractivity contribution in [1.29, 1.82) is 0 Å². The minimum Gasteiger partial charge on any atom is -0.375 e. The molecule has 0 saturated heterocycles. The van der Waals surface area contributed by atoms with Crippen molar-refractivity contribution in [3.8, 4) is 0 Å². The zero-order chi connectivity index (χ0) is 10.4. The SMILES string of the molecule is CN(C)CCCNCc1csc(N)n1. The molecule has 5 heteroatoms. The second-order valence-corrected chi connectivity index (χ2v) is 4.40. The minimum absolute atomic E-state index is 0.648. The maximum Gasteiger partial charge on any atom is 0.180 e. The summed E-state index contributed by atoms with van der Waals surface area (Å²) in [5.74, 6) is 0. The van der Waals surface area contributed by atoms with Gasteiger partial charge in [-0.25, -0.2) is 4.98 Å². The Bertz CT molecular complexity index is 259. The van der Waals surface area contributed by atoms with Crippen LogP contribution in [0.15, 0.2) is 5.38 Å². The number of nitrogens with one attached hydrogen (secondary N) is 1. The van der Waals surface area contributed by atoms with E-state index in [4.69, 9.17) is 5.73 Å². The summed E-state index contributed by atoms with van der Waals surface area (Å²) in [7, 11) is 4.17. The van der Waals surface area contributed by atoms with E-state index in [1.54, 1.807) is 0 Å². The lowest BCUT2D eigenvalue weighted by Gasteiger charge is -2.08. The molecule has 3 N–H and O–H groups in total. The van der Waals surface area contributed by atoms with Crippen molar-refractivity contribution in [2.24, 2.45) is 0 Å². The van der Waals surface area contributed by atoms with E-state index in [1.165, 1.54) is 11.3 Å². The van der Waals surface area contributed by atoms with Gasteiger partial charge in [-0.15, -0.1) is 11.3 Å². The van der Waals surface area contributed by atoms with Gasteiger partial charge in [-0.3, -0.25) is 0 Å². The zero-order valence-electron chi connectivity index (χ0n) is 8.79. The van der Waals surface area contributed by atoms with Crippen LogP contribution in [-0.2, 0) is 6.54 Å². The fourth-order valence-electron chi connectivity index (χ4n) is 1.14. The molecule has 1 heterocycles. The molecule has 0 unspecified atom stereocenters. The summed E-state index contributed by atoms with van der Waals surface area (Å²) in [6.45, 7) is 2.96. The van der Waals surface area contributed by atoms with Gasteiger partial charge >= 0.3 is 0 Å². The monoisotopic (exact) mass is 214 g/mol. The van der Waals surface area contributed by atoms with Crippen molar-refractivity contribution in [3.63, 3.8) is 0 Å². The lowest BCUT2D eigenvalue weighted by molar-refractivity contribution is 0.394. The second kappa shape index (κ2) is 5.95. The van der Waals surface area contributed by atoms with Crippen molar-refractivity contribution >= 4 is 16.5 Å². The van der Waals surface area contributed by atoms with Crippen LogP contribution >= 0.6 is 11.3 Å². The van der Waals surface area contributed by atoms with E-state index in [9.17, 15) is 0 Å². The molecular formula is C9H18N4S. The topological polar surface area (TPSA) is 54.2 Å². The Labute approximate surface area is 89.1 Å². The van der Waals surface area contributed by atoms with E-state index >= 15 is 0 Å². The Balaban J connectivity index is 2.04. The van der Waals surface area contributed by atoms with Crippen LogP contribution in [-0.4, -0.2) is 37.1 Å². The molecule has 0 radical (unpaired) electrons. The summed E-state index contributed by atoms with van der Waals surface area (Å²) < 4.78 is 0. The lowest BCUT2D eigenvalue weighted by atomic mass is 10.4. The fraction of sp³-hybridized carbons (Fsp3) is 0.667. The molecule has 1 rings (SSSR count). The molecule has 0 bridgehead atoms. The van der Waals surface area contributed by atoms with E-state index in [-0.39, 0.29) is 0 Å². The van der Waals surface area contributed by atoms with Crippen LogP contribution in [0.2, 0.25) is 0 Å². The van der Waals surface area contributed by atoms with Gasteiger partial charge < -0.3 is 16.0 Å². The summed E-state index contributed by atoms with van der Waals surface area (Å²) in [6.07, 6.45) is 1.16. The summed E-state index contributed by atoms with van der Waals surface area (Å²) >= 11 is 1.49. The van der Waals surface area contributed by atoms with Crippen LogP contribution in [0.4, 0.5) is 5.13 Å². The maximum absolute atomic E-state index is 5.52. The quantitative estimate of drug-likeness (QED) is 0.687. The van der Waals surface area contributed by atoms with E-state index in [0.29, 0.717) is 5.13 Å². The summed E-state index contributed by atoms with van der Waals surface area (Å²) in [5, 5.41) is 5.97. The zero-order valence-corrected chi connectivity index (χ0v) is 9.60. The van der Waals surface area contributed by atoms with Gasteiger partial charge in [0.1, 0.15) is 0 Å². The molecule has 0 fully saturated rings. The van der Waals surface area contributed by atoms with Gasteiger partial charge in [-0.2, -0.15) is 0 Å². The van der Waals surface area contributed by atoms with Gasteiger partial charge in [-0.05, 0) is 33.6 Å². The molecule has 0 spiro atoms. The molecule has 1 aromatic heterocycles. The molecule has 0 aliphatic rings. The Kier molecular flexibility index (Phi) is 4.86. The molecule has 0 aliphatic heterocycles. The maximum atomic E-state index is 5.52. The Morgan fingerprint density at radius 3 is 2.93 bits per heavy atom. The lowest BCUT2D eigenvalue weighted by Crippen LogP contribution is -2.21. The van der Waals surface area contributed by atoms with Gasteiger partial charge in [0.2, 0.25) is 0 Å². The number of nitrogen functional groups attached to an aromatic ring is 1. The number of thiazole rings is 1. The Hall–Kier alpha value is -0.650. The van der Waals surface area contributed by atoms with Crippen LogP contribution in [0.3, 0.4) is 0 Å². The van der Waals surface area contributed by atoms with Crippen molar-refractivity contribution in [2.75, 3.05) is 32.9 Å². The second-order valence-electron chi connectivity index (χ2n) is 3.51. The first-order chi connectivity index (χ1) is 6.68. The normalized spacial score (nSPS) is 11.1. The molecule has 0 aliphatic carbocycles. The predicted molar refractivity (Wildman–Crippen MR) is 61.4 cm³/mol. The van der Waals surface area contributed by atoms with E-state index in [0.717, 1.165) is 31.7 Å². The predicted octanol–water partition coefficient (Wildman–Crippen LogP) is 0.767. The van der Waals surface area contributed by atoms with Gasteiger partial charge in [0.05, 0.1) is 5.69 Å². The van der Waals surface area contributed by atoms with Crippen molar-refractivity contribution in [3.05, 3.63) is 11.1 Å². The van der Waals surface area contributed by atoms with Crippen molar-refractivity contribution in [1.82, 2.24) is 15.2 Å². The summed E-state index contributed by atoms with van der Waals surface area (Å²) in [5.41, 5.74) is 6.56. The first-order valence-corrected chi connectivity index (χ1v) is 5.62. The van der Waals surface area contributed by atoms with Gasteiger partial charge in [-0.1, -0.05) is 0 Å². The van der Waals surface area contributed by atoms with Crippen LogP contribution in [0.1, 0.15) is 12.1 Å². The third-order valence-corrected chi connectivity index (χ3v) is 2.56. The highest BCUT2D eigenvalue weighted by atomic mass is 32.1. The standard InChI is InChI=1S/C9H18N4S/c1-13(2)5-3-4-11-6-8-7-14-9(10)12-8/h7,11H,3-6H2,1-2H3,(H2,10,12). The van der Waals surface area contributed by atoms with Gasteiger partial charge in [0.15, 0.2) is 5.13 Å². The highest BCUT2D eigenvalue weighted by Crippen LogP contribution is 2.10. The van der Waals surface area contributed by atoms with Crippen LogP contribution in [0.5, 0.6) is 0 Å². The number of anilines is 1. The first-order valence-electron chi connectivity index (χ1n) is 4.74. The fourth-order valence-corrected chi connectivity index (χ4v) is 1.70. The van der Waals surface area contributed by atoms with Crippen molar-refractivity contribution in [2.45, 2.75) is 13.0 Å². The van der Waals surface area contributed by atoms with Crippen molar-refractivity contribution < 1.29 is 0 Å². The van der Waals surface area contributed by atoms with Crippen LogP contribution in [0.25, 0.3) is 0 Å². The molecule has 0 amide bonds. The average molecular weight is 214 g/mol. The van der Waals surface area contributed by atoms with Gasteiger partial charge in [0.25, 0.3) is 0 Å². The Morgan fingerprint density at radius 2 is 2.36 bits per heavy atom. The summed E-state index contributed by atoms with van der Waals surface area (Å²) in [4.78, 5) is 6.35. The molecule has 0 aromatic carbocycles. The molecule has 0 atom stereocenters. The molecular weight excluding hydrogens is 196 g/mol. The number of nitrogens with two attached hydrogens (primary N) is 1. The molecule has 0 saturated carbocycles. The summed E-state index contributed by atoms with van der Waals surface area (Å²) in [6, 6.07) is 0. The first kappa shape index (κ1) is 11.4. The van der Waals surface area contributed by atoms with Crippen LogP contribution in [0, 0.1) is 0 Å². The number of hydrogen-bond donors (Lipinski definition) is 2. The molecule has 80 valence electrons. The third-order valence-electron chi connectivity index (χ3n) is 1.83. The molecule has 1 aromatic rings. The minimum atomic E-state index is 0.648. The largest absolute Gasteiger partial charge is 0.375 e. The number of nitrogens with zero attached hydrogens (tertiary/aromatic N) is 2. The number of aromatic nitrogens is 1. The molecule has 14 heavy (non-hydrogen) atoms. The van der Waals surface area contributed by atoms with Crippen LogP contribution < -0.4 is 11.1 Å². The van der Waals surface area contributed by atoms with E-state index in [2.05, 4.69) is 29.3 Å². The number of rotatable bonds is 6. The van der Waals surface area contributed by atoms with E-state index in [1.807, 2.05) is 5.38 Å².